The fourth-order valence-electron chi connectivity index (χ4n) is 3.99. The lowest BCUT2D eigenvalue weighted by Gasteiger charge is -2.25. The number of para-hydroxylation sites is 1. The molecule has 0 saturated heterocycles. The Labute approximate surface area is 198 Å². The number of halogens is 1. The Balaban J connectivity index is 1.68. The van der Waals surface area contributed by atoms with Crippen molar-refractivity contribution >= 4 is 29.0 Å². The van der Waals surface area contributed by atoms with Crippen LogP contribution in [0.2, 0.25) is 0 Å². The van der Waals surface area contributed by atoms with Crippen molar-refractivity contribution in [3.63, 3.8) is 0 Å². The number of allylic oxidation sites excluding steroid dienone is 1. The number of carbonyl (C=O) groups is 1. The second kappa shape index (κ2) is 9.03. The minimum atomic E-state index is -0.738. The highest BCUT2D eigenvalue weighted by Gasteiger charge is 2.32. The molecule has 7 heteroatoms. The molecule has 0 radical (unpaired) electrons. The normalized spacial score (nSPS) is 15.6. The third kappa shape index (κ3) is 4.13. The van der Waals surface area contributed by atoms with Gasteiger partial charge in [-0.15, -0.1) is 0 Å². The van der Waals surface area contributed by atoms with Crippen LogP contribution in [0.5, 0.6) is 0 Å². The fourth-order valence-corrected chi connectivity index (χ4v) is 5.04. The zero-order chi connectivity index (χ0) is 23.7. The first-order chi connectivity index (χ1) is 16.5. The monoisotopic (exact) mass is 469 g/mol. The van der Waals surface area contributed by atoms with Gasteiger partial charge in [0.1, 0.15) is 5.82 Å². The Morgan fingerprint density at radius 2 is 1.65 bits per heavy atom. The van der Waals surface area contributed by atoms with Gasteiger partial charge in [-0.25, -0.2) is 9.38 Å². The third-order valence-corrected chi connectivity index (χ3v) is 6.56. The fraction of sp³-hybridized carbons (Fsp3) is 0.0741. The van der Waals surface area contributed by atoms with E-state index in [2.05, 4.69) is 10.3 Å². The Kier molecular flexibility index (Phi) is 5.77. The van der Waals surface area contributed by atoms with E-state index >= 15 is 0 Å². The summed E-state index contributed by atoms with van der Waals surface area (Å²) in [4.78, 5) is 32.1. The third-order valence-electron chi connectivity index (χ3n) is 5.58. The van der Waals surface area contributed by atoms with Crippen molar-refractivity contribution in [1.29, 1.82) is 0 Å². The average molecular weight is 470 g/mol. The van der Waals surface area contributed by atoms with Gasteiger partial charge in [0.15, 0.2) is 4.80 Å². The van der Waals surface area contributed by atoms with Crippen molar-refractivity contribution < 1.29 is 9.18 Å². The summed E-state index contributed by atoms with van der Waals surface area (Å²) in [5, 5.41) is 2.90. The van der Waals surface area contributed by atoms with Crippen molar-refractivity contribution in [3.8, 4) is 0 Å². The maximum Gasteiger partial charge on any atom is 0.271 e. The van der Waals surface area contributed by atoms with E-state index in [1.807, 2.05) is 54.6 Å². The van der Waals surface area contributed by atoms with E-state index in [1.54, 1.807) is 31.2 Å². The molecule has 0 spiro atoms. The predicted molar refractivity (Wildman–Crippen MR) is 132 cm³/mol. The van der Waals surface area contributed by atoms with Crippen molar-refractivity contribution in [3.05, 3.63) is 133 Å². The molecule has 5 rings (SSSR count). The lowest BCUT2D eigenvalue weighted by Crippen LogP contribution is -2.40. The van der Waals surface area contributed by atoms with Gasteiger partial charge in [-0.3, -0.25) is 14.2 Å². The van der Waals surface area contributed by atoms with Crippen LogP contribution in [-0.2, 0) is 4.79 Å². The maximum atomic E-state index is 13.7. The summed E-state index contributed by atoms with van der Waals surface area (Å²) in [6.07, 6.45) is 1.81. The average Bonchev–Trinajstić information content (AvgIpc) is 3.14. The molecule has 34 heavy (non-hydrogen) atoms. The number of hydrogen-bond donors (Lipinski definition) is 1. The van der Waals surface area contributed by atoms with Gasteiger partial charge >= 0.3 is 0 Å². The highest BCUT2D eigenvalue weighted by molar-refractivity contribution is 7.07. The molecule has 3 aromatic carbocycles. The van der Waals surface area contributed by atoms with Gasteiger partial charge in [0, 0.05) is 5.69 Å². The van der Waals surface area contributed by atoms with E-state index in [9.17, 15) is 14.0 Å². The summed E-state index contributed by atoms with van der Waals surface area (Å²) in [7, 11) is 0. The Morgan fingerprint density at radius 1 is 1.00 bits per heavy atom. The maximum absolute atomic E-state index is 13.7. The highest BCUT2D eigenvalue weighted by Crippen LogP contribution is 2.30. The molecular weight excluding hydrogens is 449 g/mol. The predicted octanol–water partition coefficient (Wildman–Crippen LogP) is 4.01. The zero-order valence-electron chi connectivity index (χ0n) is 18.2. The molecule has 1 N–H and O–H groups in total. The summed E-state index contributed by atoms with van der Waals surface area (Å²) in [5.41, 5.74) is 2.75. The van der Waals surface area contributed by atoms with Crippen LogP contribution in [0.25, 0.3) is 6.08 Å². The van der Waals surface area contributed by atoms with Gasteiger partial charge < -0.3 is 5.32 Å². The molecule has 1 aliphatic heterocycles. The van der Waals surface area contributed by atoms with Crippen LogP contribution < -0.4 is 20.2 Å². The largest absolute Gasteiger partial charge is 0.322 e. The number of amides is 1. The van der Waals surface area contributed by atoms with Crippen LogP contribution in [0.3, 0.4) is 0 Å². The number of carbonyl (C=O) groups excluding carboxylic acids is 1. The summed E-state index contributed by atoms with van der Waals surface area (Å²) in [6, 6.07) is 23.8. The second-order valence-electron chi connectivity index (χ2n) is 7.86. The summed E-state index contributed by atoms with van der Waals surface area (Å²) in [6.45, 7) is 1.75. The van der Waals surface area contributed by atoms with Gasteiger partial charge in [-0.2, -0.15) is 0 Å². The van der Waals surface area contributed by atoms with Crippen molar-refractivity contribution in [1.82, 2.24) is 4.57 Å². The van der Waals surface area contributed by atoms with E-state index in [0.717, 1.165) is 5.56 Å². The number of rotatable bonds is 4. The standard InChI is InChI=1S/C27H20FN3O2S/c1-17-23(25(32)30-21-10-6-3-7-11-21)24(19-12-14-20(28)15-13-19)31-26(33)22(34-27(31)29-17)16-18-8-4-2-5-9-18/h2-16,24H,1H3,(H,30,32)/b22-16-/t24-/m1/s1. The summed E-state index contributed by atoms with van der Waals surface area (Å²) < 4.78 is 15.8. The van der Waals surface area contributed by atoms with Crippen LogP contribution in [-0.4, -0.2) is 10.5 Å². The molecule has 0 unspecified atom stereocenters. The SMILES string of the molecule is CC1=C(C(=O)Nc2ccccc2)[C@@H](c2ccc(F)cc2)n2c(s/c(=C\c3ccccc3)c2=O)=N1. The Bertz CT molecular complexity index is 1570. The quantitative estimate of drug-likeness (QED) is 0.491. The van der Waals surface area contributed by atoms with Crippen molar-refractivity contribution in [2.45, 2.75) is 13.0 Å². The van der Waals surface area contributed by atoms with E-state index in [-0.39, 0.29) is 11.5 Å². The molecule has 5 nitrogen and oxygen atoms in total. The molecule has 0 saturated carbocycles. The lowest BCUT2D eigenvalue weighted by molar-refractivity contribution is -0.113. The number of anilines is 1. The number of fused-ring (bicyclic) bond motifs is 1. The van der Waals surface area contributed by atoms with Crippen LogP contribution in [0.15, 0.2) is 106 Å². The number of thiazole rings is 1. The molecule has 4 aromatic rings. The number of hydrogen-bond acceptors (Lipinski definition) is 4. The smallest absolute Gasteiger partial charge is 0.271 e. The minimum Gasteiger partial charge on any atom is -0.322 e. The van der Waals surface area contributed by atoms with E-state index in [0.29, 0.717) is 31.9 Å². The van der Waals surface area contributed by atoms with Crippen LogP contribution in [0.4, 0.5) is 10.1 Å². The first-order valence-electron chi connectivity index (χ1n) is 10.7. The van der Waals surface area contributed by atoms with E-state index in [1.165, 1.54) is 28.0 Å². The molecule has 2 heterocycles. The first kappa shape index (κ1) is 21.7. The molecule has 0 aliphatic carbocycles. The van der Waals surface area contributed by atoms with Gasteiger partial charge in [-0.1, -0.05) is 72.0 Å². The Morgan fingerprint density at radius 3 is 2.32 bits per heavy atom. The minimum absolute atomic E-state index is 0.251. The molecule has 1 amide bonds. The molecule has 1 atom stereocenters. The number of benzene rings is 3. The van der Waals surface area contributed by atoms with Gasteiger partial charge in [-0.05, 0) is 48.4 Å². The lowest BCUT2D eigenvalue weighted by atomic mass is 9.95. The molecule has 0 fully saturated rings. The molecular formula is C27H20FN3O2S. The van der Waals surface area contributed by atoms with E-state index < -0.39 is 11.9 Å². The van der Waals surface area contributed by atoms with E-state index in [4.69, 9.17) is 0 Å². The van der Waals surface area contributed by atoms with Gasteiger partial charge in [0.2, 0.25) is 0 Å². The topological polar surface area (TPSA) is 63.5 Å². The number of aromatic nitrogens is 1. The molecule has 168 valence electrons. The first-order valence-corrected chi connectivity index (χ1v) is 11.5. The van der Waals surface area contributed by atoms with Crippen LogP contribution >= 0.6 is 11.3 Å². The molecule has 0 bridgehead atoms. The van der Waals surface area contributed by atoms with Crippen LogP contribution in [0.1, 0.15) is 24.1 Å². The second-order valence-corrected chi connectivity index (χ2v) is 8.87. The van der Waals surface area contributed by atoms with Gasteiger partial charge in [0.05, 0.1) is 21.8 Å². The molecule has 1 aromatic heterocycles. The summed E-state index contributed by atoms with van der Waals surface area (Å²) in [5.74, 6) is -0.754. The molecule has 1 aliphatic rings. The number of nitrogens with one attached hydrogen (secondary N) is 1. The highest BCUT2D eigenvalue weighted by atomic mass is 32.1. The van der Waals surface area contributed by atoms with Crippen molar-refractivity contribution in [2.24, 2.45) is 4.99 Å². The zero-order valence-corrected chi connectivity index (χ0v) is 19.1. The van der Waals surface area contributed by atoms with Crippen LogP contribution in [0, 0.1) is 5.82 Å². The number of nitrogens with zero attached hydrogens (tertiary/aromatic N) is 2. The van der Waals surface area contributed by atoms with Crippen molar-refractivity contribution in [2.75, 3.05) is 5.32 Å². The Hall–Kier alpha value is -4.10. The van der Waals surface area contributed by atoms with Gasteiger partial charge in [0.25, 0.3) is 11.5 Å². The summed E-state index contributed by atoms with van der Waals surface area (Å²) >= 11 is 1.27.